The van der Waals surface area contributed by atoms with E-state index < -0.39 is 0 Å². The van der Waals surface area contributed by atoms with Crippen molar-refractivity contribution in [1.82, 2.24) is 0 Å². The lowest BCUT2D eigenvalue weighted by molar-refractivity contribution is -0.120. The van der Waals surface area contributed by atoms with Gasteiger partial charge in [0.15, 0.2) is 11.6 Å². The highest BCUT2D eigenvalue weighted by molar-refractivity contribution is 6.04. The summed E-state index contributed by atoms with van der Waals surface area (Å²) in [6.45, 7) is 9.17. The van der Waals surface area contributed by atoms with E-state index in [1.54, 1.807) is 0 Å². The van der Waals surface area contributed by atoms with Crippen LogP contribution < -0.4 is 5.73 Å². The van der Waals surface area contributed by atoms with E-state index in [0.29, 0.717) is 19.4 Å². The average molecular weight is 360 g/mol. The van der Waals surface area contributed by atoms with Gasteiger partial charge < -0.3 is 10.5 Å². The van der Waals surface area contributed by atoms with Gasteiger partial charge in [0.25, 0.3) is 0 Å². The quantitative estimate of drug-likeness (QED) is 0.737. The Morgan fingerprint density at radius 3 is 1.81 bits per heavy atom. The van der Waals surface area contributed by atoms with Crippen molar-refractivity contribution in [2.24, 2.45) is 22.5 Å². The molecule has 0 amide bonds. The maximum absolute atomic E-state index is 13.0. The second-order valence-electron chi connectivity index (χ2n) is 9.85. The minimum Gasteiger partial charge on any atom is -0.465 e. The van der Waals surface area contributed by atoms with Crippen LogP contribution in [0.3, 0.4) is 0 Å². The first-order valence-corrected chi connectivity index (χ1v) is 10.0. The van der Waals surface area contributed by atoms with Gasteiger partial charge in [-0.1, -0.05) is 40.5 Å². The largest absolute Gasteiger partial charge is 0.465 e. The molecule has 3 rings (SSSR count). The number of unbranched alkanes of at least 4 members (excludes halogenated alkanes) is 2. The molecule has 0 aromatic heterocycles. The Bertz CT molecular complexity index is 630. The summed E-state index contributed by atoms with van der Waals surface area (Å²) in [5, 5.41) is 0. The summed E-state index contributed by atoms with van der Waals surface area (Å²) in [6, 6.07) is 0. The number of hydrogen-bond acceptors (Lipinski definition) is 4. The molecule has 0 fully saturated rings. The van der Waals surface area contributed by atoms with Crippen molar-refractivity contribution in [1.29, 1.82) is 0 Å². The van der Waals surface area contributed by atoms with Gasteiger partial charge in [0.2, 0.25) is 0 Å². The Hall–Kier alpha value is -1.42. The lowest BCUT2D eigenvalue weighted by Crippen LogP contribution is -2.38. The fourth-order valence-corrected chi connectivity index (χ4v) is 4.77. The summed E-state index contributed by atoms with van der Waals surface area (Å²) in [6.07, 6.45) is 6.49. The summed E-state index contributed by atoms with van der Waals surface area (Å²) in [5.41, 5.74) is 7.05. The van der Waals surface area contributed by atoms with Gasteiger partial charge in [-0.2, -0.15) is 0 Å². The molecule has 0 unspecified atom stereocenters. The fraction of sp³-hybridized carbons (Fsp3) is 0.727. The van der Waals surface area contributed by atoms with Gasteiger partial charge in [0, 0.05) is 42.7 Å². The van der Waals surface area contributed by atoms with Crippen LogP contribution in [0.5, 0.6) is 0 Å². The molecule has 0 saturated heterocycles. The van der Waals surface area contributed by atoms with E-state index in [1.807, 2.05) is 0 Å². The molecule has 0 bridgehead atoms. The number of ether oxygens (including phenoxy) is 1. The number of Topliss-reactive ketones (excluding diaryl/α,β-unsaturated/α-hetero) is 2. The Balaban J connectivity index is 1.96. The van der Waals surface area contributed by atoms with E-state index in [0.717, 1.165) is 61.2 Å². The van der Waals surface area contributed by atoms with E-state index in [4.69, 9.17) is 10.5 Å². The molecule has 0 saturated carbocycles. The minimum absolute atomic E-state index is 0.0706. The third kappa shape index (κ3) is 3.80. The predicted octanol–water partition coefficient (Wildman–Crippen LogP) is 4.44. The first-order valence-electron chi connectivity index (χ1n) is 10.0. The van der Waals surface area contributed by atoms with Crippen molar-refractivity contribution in [3.05, 3.63) is 22.7 Å². The number of rotatable bonds is 5. The summed E-state index contributed by atoms with van der Waals surface area (Å²) in [7, 11) is 0. The molecule has 1 heterocycles. The van der Waals surface area contributed by atoms with Crippen molar-refractivity contribution >= 4 is 11.6 Å². The normalized spacial score (nSPS) is 25.1. The highest BCUT2D eigenvalue weighted by atomic mass is 16.5. The van der Waals surface area contributed by atoms with Crippen LogP contribution in [-0.4, -0.2) is 18.1 Å². The Morgan fingerprint density at radius 1 is 0.846 bits per heavy atom. The third-order valence-corrected chi connectivity index (χ3v) is 5.90. The van der Waals surface area contributed by atoms with E-state index in [2.05, 4.69) is 27.7 Å². The topological polar surface area (TPSA) is 69.4 Å². The number of ketones is 2. The van der Waals surface area contributed by atoms with Crippen molar-refractivity contribution in [3.8, 4) is 0 Å². The molecule has 0 spiro atoms. The molecule has 0 radical (unpaired) electrons. The van der Waals surface area contributed by atoms with Crippen LogP contribution in [0.25, 0.3) is 0 Å². The molecule has 1 aliphatic heterocycles. The van der Waals surface area contributed by atoms with Gasteiger partial charge in [-0.15, -0.1) is 0 Å². The monoisotopic (exact) mass is 359 g/mol. The molecular weight excluding hydrogens is 326 g/mol. The molecule has 0 atom stereocenters. The maximum atomic E-state index is 13.0. The summed E-state index contributed by atoms with van der Waals surface area (Å²) < 4.78 is 6.26. The van der Waals surface area contributed by atoms with Crippen LogP contribution in [-0.2, 0) is 14.3 Å². The van der Waals surface area contributed by atoms with Crippen LogP contribution in [0.1, 0.15) is 79.1 Å². The molecule has 26 heavy (non-hydrogen) atoms. The van der Waals surface area contributed by atoms with E-state index in [1.165, 1.54) is 0 Å². The van der Waals surface area contributed by atoms with Gasteiger partial charge in [-0.25, -0.2) is 0 Å². The Kier molecular flexibility index (Phi) is 5.17. The standard InChI is InChI=1S/C22H33NO3/c1-21(2)10-15(24)19-14(8-6-5-7-9-23)20-16(25)11-22(3,4)13-18(20)26-17(19)12-21/h14H,5-13,23H2,1-4H3. The van der Waals surface area contributed by atoms with Crippen LogP contribution in [0.4, 0.5) is 0 Å². The average Bonchev–Trinajstić information content (AvgIpc) is 2.47. The summed E-state index contributed by atoms with van der Waals surface area (Å²) in [4.78, 5) is 25.9. The minimum atomic E-state index is -0.0771. The number of nitrogens with two attached hydrogens (primary N) is 1. The molecule has 4 nitrogen and oxygen atoms in total. The zero-order chi connectivity index (χ0) is 19.1. The summed E-state index contributed by atoms with van der Waals surface area (Å²) >= 11 is 0. The predicted molar refractivity (Wildman–Crippen MR) is 102 cm³/mol. The molecule has 4 heteroatoms. The molecule has 0 aromatic carbocycles. The van der Waals surface area contributed by atoms with E-state index >= 15 is 0 Å². The van der Waals surface area contributed by atoms with Gasteiger partial charge in [-0.05, 0) is 30.2 Å². The van der Waals surface area contributed by atoms with Crippen LogP contribution in [0.2, 0.25) is 0 Å². The van der Waals surface area contributed by atoms with Gasteiger partial charge in [0.1, 0.15) is 11.5 Å². The molecule has 2 N–H and O–H groups in total. The Morgan fingerprint density at radius 2 is 1.35 bits per heavy atom. The zero-order valence-electron chi connectivity index (χ0n) is 16.7. The SMILES string of the molecule is CC1(C)CC(=O)C2=C(C1)OC1=C(C(=O)CC(C)(C)C1)C2CCCCCN. The number of allylic oxidation sites excluding steroid dienone is 4. The molecule has 144 valence electrons. The molecule has 2 aliphatic carbocycles. The smallest absolute Gasteiger partial charge is 0.163 e. The van der Waals surface area contributed by atoms with Gasteiger partial charge >= 0.3 is 0 Å². The first-order chi connectivity index (χ1) is 12.1. The summed E-state index contributed by atoms with van der Waals surface area (Å²) in [5.74, 6) is 1.94. The van der Waals surface area contributed by atoms with Crippen molar-refractivity contribution < 1.29 is 14.3 Å². The van der Waals surface area contributed by atoms with Crippen LogP contribution in [0, 0.1) is 16.7 Å². The molecular formula is C22H33NO3. The van der Waals surface area contributed by atoms with Crippen molar-refractivity contribution in [2.45, 2.75) is 79.1 Å². The van der Waals surface area contributed by atoms with Crippen LogP contribution >= 0.6 is 0 Å². The lowest BCUT2D eigenvalue weighted by Gasteiger charge is -2.42. The van der Waals surface area contributed by atoms with Gasteiger partial charge in [0.05, 0.1) is 0 Å². The Labute approximate surface area is 157 Å². The van der Waals surface area contributed by atoms with Crippen LogP contribution in [0.15, 0.2) is 22.7 Å². The highest BCUT2D eigenvalue weighted by Gasteiger charge is 2.46. The van der Waals surface area contributed by atoms with Crippen molar-refractivity contribution in [3.63, 3.8) is 0 Å². The second-order valence-corrected chi connectivity index (χ2v) is 9.85. The zero-order valence-corrected chi connectivity index (χ0v) is 16.7. The second kappa shape index (κ2) is 6.95. The molecule has 0 aromatic rings. The molecule has 3 aliphatic rings. The maximum Gasteiger partial charge on any atom is 0.163 e. The highest BCUT2D eigenvalue weighted by Crippen LogP contribution is 2.51. The third-order valence-electron chi connectivity index (χ3n) is 5.90. The van der Waals surface area contributed by atoms with E-state index in [-0.39, 0.29) is 28.3 Å². The van der Waals surface area contributed by atoms with E-state index in [9.17, 15) is 9.59 Å². The van der Waals surface area contributed by atoms with Gasteiger partial charge in [-0.3, -0.25) is 9.59 Å². The van der Waals surface area contributed by atoms with Crippen molar-refractivity contribution in [2.75, 3.05) is 6.54 Å². The lowest BCUT2D eigenvalue weighted by atomic mass is 9.66. The fourth-order valence-electron chi connectivity index (χ4n) is 4.77. The number of carbonyl (C=O) groups excluding carboxylic acids is 2. The number of hydrogen-bond donors (Lipinski definition) is 1. The number of carbonyl (C=O) groups is 2. The first kappa shape index (κ1) is 19.3.